The summed E-state index contributed by atoms with van der Waals surface area (Å²) >= 11 is 0. The molecule has 4 rings (SSSR count). The Kier molecular flexibility index (Phi) is 7.06. The Morgan fingerprint density at radius 3 is 2.88 bits per heavy atom. The van der Waals surface area contributed by atoms with Gasteiger partial charge >= 0.3 is 6.29 Å². The number of rotatable bonds is 4. The van der Waals surface area contributed by atoms with E-state index in [1.165, 1.54) is 12.3 Å². The van der Waals surface area contributed by atoms with Crippen molar-refractivity contribution in [3.8, 4) is 28.7 Å². The number of ether oxygens (including phenoxy) is 3. The van der Waals surface area contributed by atoms with Gasteiger partial charge in [0.2, 0.25) is 0 Å². The van der Waals surface area contributed by atoms with Crippen LogP contribution in [-0.2, 0) is 4.74 Å². The minimum atomic E-state index is -3.67. The number of halogens is 2. The van der Waals surface area contributed by atoms with E-state index in [2.05, 4.69) is 30.2 Å². The highest BCUT2D eigenvalue weighted by Gasteiger charge is 2.44. The maximum Gasteiger partial charge on any atom is 0.586 e. The van der Waals surface area contributed by atoms with Crippen LogP contribution >= 0.6 is 0 Å². The Balaban J connectivity index is 0.000000188. The zero-order valence-electron chi connectivity index (χ0n) is 16.9. The van der Waals surface area contributed by atoms with Crippen LogP contribution < -0.4 is 20.1 Å². The second kappa shape index (κ2) is 9.92. The molecule has 3 N–H and O–H groups in total. The van der Waals surface area contributed by atoms with Crippen LogP contribution in [0.4, 0.5) is 8.78 Å². The lowest BCUT2D eigenvalue weighted by Crippen LogP contribution is -2.38. The number of alkyl halides is 2. The number of nitrogens with zero attached hydrogens (tertiary/aromatic N) is 3. The Labute approximate surface area is 181 Å². The molecule has 0 saturated carbocycles. The van der Waals surface area contributed by atoms with Crippen molar-refractivity contribution in [3.05, 3.63) is 46.3 Å². The van der Waals surface area contributed by atoms with Crippen molar-refractivity contribution in [3.63, 3.8) is 0 Å². The second-order valence-corrected chi connectivity index (χ2v) is 6.74. The molecule has 1 atom stereocenters. The van der Waals surface area contributed by atoms with E-state index in [0.29, 0.717) is 35.8 Å². The van der Waals surface area contributed by atoms with E-state index in [4.69, 9.17) is 10.00 Å². The number of aromatic amines is 1. The fourth-order valence-electron chi connectivity index (χ4n) is 3.10. The summed E-state index contributed by atoms with van der Waals surface area (Å²) in [5.74, 6) is 0.503. The third-order valence-corrected chi connectivity index (χ3v) is 4.59. The number of hydrogen-bond donors (Lipinski definition) is 3. The predicted molar refractivity (Wildman–Crippen MR) is 108 cm³/mol. The number of fused-ring (bicyclic) bond motifs is 1. The number of aromatic nitrogens is 1. The molecule has 2 aromatic rings. The van der Waals surface area contributed by atoms with Gasteiger partial charge in [-0.25, -0.2) is 10.1 Å². The molecular weight excluding hydrogens is 430 g/mol. The first-order valence-electron chi connectivity index (χ1n) is 9.51. The first-order valence-corrected chi connectivity index (χ1v) is 9.51. The van der Waals surface area contributed by atoms with Gasteiger partial charge in [-0.1, -0.05) is 12.1 Å². The molecule has 1 unspecified atom stereocenters. The van der Waals surface area contributed by atoms with Crippen molar-refractivity contribution >= 4 is 5.96 Å². The molecule has 1 saturated heterocycles. The predicted octanol–water partition coefficient (Wildman–Crippen LogP) is 2.25. The first kappa shape index (κ1) is 22.8. The van der Waals surface area contributed by atoms with Crippen LogP contribution in [0, 0.1) is 27.4 Å². The van der Waals surface area contributed by atoms with E-state index in [0.717, 1.165) is 13.0 Å². The number of hydrogen-bond acceptors (Lipinski definition) is 6. The largest absolute Gasteiger partial charge is 0.586 e. The molecule has 32 heavy (non-hydrogen) atoms. The van der Waals surface area contributed by atoms with Crippen LogP contribution in [0.5, 0.6) is 11.5 Å². The number of nitrogens with one attached hydrogen (secondary N) is 3. The van der Waals surface area contributed by atoms with Gasteiger partial charge in [0.15, 0.2) is 16.5 Å². The van der Waals surface area contributed by atoms with Crippen molar-refractivity contribution < 1.29 is 28.0 Å². The van der Waals surface area contributed by atoms with Crippen LogP contribution in [0.15, 0.2) is 35.7 Å². The quantitative estimate of drug-likeness (QED) is 0.278. The Hall–Kier alpha value is -3.92. The first-order chi connectivity index (χ1) is 15.3. The Morgan fingerprint density at radius 1 is 1.41 bits per heavy atom. The number of nitro groups is 1. The van der Waals surface area contributed by atoms with Gasteiger partial charge in [0.25, 0.3) is 5.96 Å². The van der Waals surface area contributed by atoms with Gasteiger partial charge in [-0.05, 0) is 12.5 Å². The van der Waals surface area contributed by atoms with E-state index >= 15 is 0 Å². The molecule has 170 valence electrons. The highest BCUT2D eigenvalue weighted by atomic mass is 19.3. The average Bonchev–Trinajstić information content (AvgIpc) is 3.49. The van der Waals surface area contributed by atoms with Gasteiger partial charge in [0.1, 0.15) is 11.2 Å². The summed E-state index contributed by atoms with van der Waals surface area (Å²) in [5.41, 5.74) is 1.24. The van der Waals surface area contributed by atoms with E-state index in [1.807, 2.05) is 6.07 Å². The smallest absolute Gasteiger partial charge is 0.395 e. The lowest BCUT2D eigenvalue weighted by molar-refractivity contribution is -0.485. The normalized spacial score (nSPS) is 18.3. The molecule has 0 bridgehead atoms. The van der Waals surface area contributed by atoms with Gasteiger partial charge in [0, 0.05) is 49.6 Å². The standard InChI is InChI=1S/C12H6F2N2O2.C7H14N4O3/c13-12(14)17-10-3-1-2-8(11(10)18-12)9-6-16-5-7(9)4-15;1-8-7(10-11(12)13)9-4-6-2-3-14-5-6/h1-3,5-6,16H;6H,2-5H2,1H3,(H2,8,9,10). The number of para-hydroxylation sites is 1. The zero-order valence-corrected chi connectivity index (χ0v) is 16.9. The molecule has 0 aliphatic carbocycles. The van der Waals surface area contributed by atoms with E-state index in [-0.39, 0.29) is 17.5 Å². The average molecular weight is 450 g/mol. The van der Waals surface area contributed by atoms with Gasteiger partial charge in [0.05, 0.1) is 12.2 Å². The molecule has 11 nitrogen and oxygen atoms in total. The molecule has 0 amide bonds. The number of benzene rings is 1. The van der Waals surface area contributed by atoms with Crippen LogP contribution in [-0.4, -0.2) is 49.1 Å². The molecule has 0 radical (unpaired) electrons. The molecular formula is C19H20F2N6O5. The van der Waals surface area contributed by atoms with E-state index < -0.39 is 11.3 Å². The van der Waals surface area contributed by atoms with Crippen LogP contribution in [0.2, 0.25) is 0 Å². The zero-order chi connectivity index (χ0) is 23.1. The van der Waals surface area contributed by atoms with Gasteiger partial charge in [-0.2, -0.15) is 5.26 Å². The number of guanidine groups is 1. The molecule has 1 aromatic carbocycles. The summed E-state index contributed by atoms with van der Waals surface area (Å²) in [6.45, 7) is 2.13. The molecule has 1 fully saturated rings. The van der Waals surface area contributed by atoms with Gasteiger partial charge in [-0.3, -0.25) is 0 Å². The summed E-state index contributed by atoms with van der Waals surface area (Å²) in [7, 11) is 1.58. The van der Waals surface area contributed by atoms with Gasteiger partial charge in [-0.15, -0.1) is 8.78 Å². The fourth-order valence-corrected chi connectivity index (χ4v) is 3.10. The van der Waals surface area contributed by atoms with Crippen LogP contribution in [0.3, 0.4) is 0 Å². The summed E-state index contributed by atoms with van der Waals surface area (Å²) < 4.78 is 40.0. The Morgan fingerprint density at radius 2 is 2.22 bits per heavy atom. The Bertz CT molecular complexity index is 1030. The lowest BCUT2D eigenvalue weighted by atomic mass is 10.0. The SMILES string of the molecule is CN/C(=N/[N+](=O)[O-])NCC1CCOC1.N#Cc1c[nH]cc1-c1cccc2c1OC(F)(F)O2. The maximum absolute atomic E-state index is 13.0. The van der Waals surface area contributed by atoms with Crippen molar-refractivity contribution in [2.24, 2.45) is 11.0 Å². The summed E-state index contributed by atoms with van der Waals surface area (Å²) in [4.78, 5) is 12.8. The molecule has 2 aliphatic heterocycles. The second-order valence-electron chi connectivity index (χ2n) is 6.74. The summed E-state index contributed by atoms with van der Waals surface area (Å²) in [6, 6.07) is 6.51. The molecule has 13 heteroatoms. The molecule has 1 aromatic heterocycles. The highest BCUT2D eigenvalue weighted by Crippen LogP contribution is 2.47. The van der Waals surface area contributed by atoms with Crippen molar-refractivity contribution in [2.45, 2.75) is 12.7 Å². The minimum absolute atomic E-state index is 0.0393. The topological polar surface area (TPSA) is 147 Å². The highest BCUT2D eigenvalue weighted by molar-refractivity contribution is 5.79. The minimum Gasteiger partial charge on any atom is -0.395 e. The lowest BCUT2D eigenvalue weighted by Gasteiger charge is -2.09. The van der Waals surface area contributed by atoms with Crippen molar-refractivity contribution in [1.29, 1.82) is 5.26 Å². The maximum atomic E-state index is 13.0. The van der Waals surface area contributed by atoms with Gasteiger partial charge < -0.3 is 29.8 Å². The van der Waals surface area contributed by atoms with Crippen molar-refractivity contribution in [2.75, 3.05) is 26.8 Å². The summed E-state index contributed by atoms with van der Waals surface area (Å²) in [6.07, 6.45) is 0.362. The molecule has 3 heterocycles. The van der Waals surface area contributed by atoms with E-state index in [1.54, 1.807) is 25.4 Å². The number of hydrazone groups is 1. The van der Waals surface area contributed by atoms with Crippen molar-refractivity contribution in [1.82, 2.24) is 15.6 Å². The molecule has 0 spiro atoms. The third kappa shape index (κ3) is 5.61. The van der Waals surface area contributed by atoms with E-state index in [9.17, 15) is 18.9 Å². The van der Waals surface area contributed by atoms with Crippen LogP contribution in [0.1, 0.15) is 12.0 Å². The summed E-state index contributed by atoms with van der Waals surface area (Å²) in [5, 5.41) is 26.9. The monoisotopic (exact) mass is 450 g/mol. The molecule has 2 aliphatic rings. The number of H-pyrrole nitrogens is 1. The van der Waals surface area contributed by atoms with Crippen LogP contribution in [0.25, 0.3) is 11.1 Å². The fraction of sp³-hybridized carbons (Fsp3) is 0.368. The third-order valence-electron chi connectivity index (χ3n) is 4.59. The number of nitriles is 1.